The largest absolute Gasteiger partial charge is 0.453 e. The monoisotopic (exact) mass is 1120 g/mol. The van der Waals surface area contributed by atoms with Crippen LogP contribution in [0.2, 0.25) is 0 Å². The first kappa shape index (κ1) is 52.2. The molecule has 0 aliphatic heterocycles. The summed E-state index contributed by atoms with van der Waals surface area (Å²) in [6.45, 7) is 5.29. The number of nitrogens with one attached hydrogen (secondary N) is 1. The Kier molecular flexibility index (Phi) is 12.8. The number of rotatable bonds is 15. The zero-order valence-electron chi connectivity index (χ0n) is 48.8. The lowest BCUT2D eigenvalue weighted by Crippen LogP contribution is -2.29. The van der Waals surface area contributed by atoms with Crippen molar-refractivity contribution in [2.24, 2.45) is 5.73 Å². The third-order valence-corrected chi connectivity index (χ3v) is 18.3. The van der Waals surface area contributed by atoms with Crippen molar-refractivity contribution < 1.29 is 8.83 Å². The number of unbranched alkanes of at least 4 members (excludes halogenated alkanes) is 1. The van der Waals surface area contributed by atoms with Crippen molar-refractivity contribution in [3.05, 3.63) is 295 Å². The SMILES string of the molecule is CCCCNc1cc2ccccc2c2c1oc1c(N(c3ccccc3)c3ccc4c(c3)C(c3ccccc3)(c3ccccc3)c3cc(N(c5ccccc5)c5cccc6c5oc5c(C(N)CCC)cc7ccccc7c56)c5ccccc5c3-4)cccc12. The Morgan fingerprint density at radius 3 is 1.55 bits per heavy atom. The molecule has 0 amide bonds. The van der Waals surface area contributed by atoms with Crippen molar-refractivity contribution >= 4 is 116 Å². The second-order valence-corrected chi connectivity index (χ2v) is 23.3. The highest BCUT2D eigenvalue weighted by Gasteiger charge is 2.48. The fourth-order valence-corrected chi connectivity index (χ4v) is 14.5. The van der Waals surface area contributed by atoms with Crippen molar-refractivity contribution in [2.75, 3.05) is 21.7 Å². The van der Waals surface area contributed by atoms with Gasteiger partial charge in [0, 0.05) is 62.1 Å². The maximum atomic E-state index is 7.41. The van der Waals surface area contributed by atoms with Gasteiger partial charge in [0.15, 0.2) is 16.7 Å². The standard InChI is InChI=1S/C81H64N4O2/c1-3-5-47-83-70-49-53-28-19-21-38-60(53)76-65-42-24-43-71(77(65)87-80(70)76)84(56-33-14-8-15-34-56)58-45-46-63-67(50-58)81(54-29-10-6-11-30-54,55-31-12-7-13-32-55)68-51-73(61-39-22-23-40-62(61)74(63)68)85(57-35-16-9-17-36-57)72-44-25-41-64-75-59-37-20-18-27-52(59)48-66(69(82)26-4-2)79(75)86-78(64)72/h6-25,27-46,48-51,69,83H,3-5,26,47,82H2,1-2H3. The summed E-state index contributed by atoms with van der Waals surface area (Å²) in [5.41, 5.74) is 24.8. The lowest BCUT2D eigenvalue weighted by atomic mass is 9.67. The van der Waals surface area contributed by atoms with E-state index in [-0.39, 0.29) is 6.04 Å². The van der Waals surface area contributed by atoms with Crippen LogP contribution in [-0.2, 0) is 5.41 Å². The van der Waals surface area contributed by atoms with E-state index in [0.29, 0.717) is 0 Å². The highest BCUT2D eigenvalue weighted by molar-refractivity contribution is 6.25. The minimum Gasteiger partial charge on any atom is -0.453 e. The fraction of sp³-hybridized carbons (Fsp3) is 0.111. The lowest BCUT2D eigenvalue weighted by molar-refractivity contribution is 0.614. The molecule has 0 saturated heterocycles. The minimum absolute atomic E-state index is 0.186. The smallest absolute Gasteiger partial charge is 0.159 e. The summed E-state index contributed by atoms with van der Waals surface area (Å²) in [4.78, 5) is 4.84. The van der Waals surface area contributed by atoms with Crippen LogP contribution in [0.5, 0.6) is 0 Å². The summed E-state index contributed by atoms with van der Waals surface area (Å²) in [7, 11) is 0. The lowest BCUT2D eigenvalue weighted by Gasteiger charge is -2.36. The highest BCUT2D eigenvalue weighted by atomic mass is 16.3. The molecule has 0 spiro atoms. The second kappa shape index (κ2) is 21.3. The van der Waals surface area contributed by atoms with Gasteiger partial charge in [-0.2, -0.15) is 0 Å². The molecule has 6 heteroatoms. The Balaban J connectivity index is 0.974. The quantitative estimate of drug-likeness (QED) is 0.0997. The molecule has 87 heavy (non-hydrogen) atoms. The van der Waals surface area contributed by atoms with Gasteiger partial charge in [-0.1, -0.05) is 227 Å². The van der Waals surface area contributed by atoms with Gasteiger partial charge < -0.3 is 29.7 Å². The maximum absolute atomic E-state index is 7.41. The Morgan fingerprint density at radius 2 is 0.931 bits per heavy atom. The molecule has 0 saturated carbocycles. The van der Waals surface area contributed by atoms with Gasteiger partial charge in [-0.3, -0.25) is 0 Å². The zero-order chi connectivity index (χ0) is 58.2. The number of benzene rings is 13. The number of hydrogen-bond donors (Lipinski definition) is 2. The van der Waals surface area contributed by atoms with Gasteiger partial charge in [-0.25, -0.2) is 0 Å². The first-order valence-electron chi connectivity index (χ1n) is 30.8. The van der Waals surface area contributed by atoms with E-state index in [4.69, 9.17) is 14.6 Å². The molecule has 13 aromatic carbocycles. The normalized spacial score (nSPS) is 13.0. The summed E-state index contributed by atoms with van der Waals surface area (Å²) < 4.78 is 14.7. The first-order chi connectivity index (χ1) is 43.0. The van der Waals surface area contributed by atoms with E-state index in [2.05, 4.69) is 296 Å². The molecule has 2 aromatic heterocycles. The summed E-state index contributed by atoms with van der Waals surface area (Å²) >= 11 is 0. The molecule has 0 bridgehead atoms. The van der Waals surface area contributed by atoms with Crippen LogP contribution in [0, 0.1) is 0 Å². The van der Waals surface area contributed by atoms with Gasteiger partial charge in [-0.05, 0) is 140 Å². The molecule has 1 aliphatic carbocycles. The van der Waals surface area contributed by atoms with Crippen LogP contribution < -0.4 is 20.9 Å². The maximum Gasteiger partial charge on any atom is 0.159 e. The third-order valence-electron chi connectivity index (χ3n) is 18.3. The van der Waals surface area contributed by atoms with Crippen LogP contribution in [-0.4, -0.2) is 6.54 Å². The molecule has 1 aliphatic rings. The van der Waals surface area contributed by atoms with E-state index in [1.807, 2.05) is 0 Å². The first-order valence-corrected chi connectivity index (χ1v) is 30.8. The van der Waals surface area contributed by atoms with Gasteiger partial charge in [0.05, 0.1) is 28.2 Å². The molecule has 16 rings (SSSR count). The molecule has 6 nitrogen and oxygen atoms in total. The molecule has 3 N–H and O–H groups in total. The van der Waals surface area contributed by atoms with Crippen molar-refractivity contribution in [3.63, 3.8) is 0 Å². The van der Waals surface area contributed by atoms with Gasteiger partial charge in [0.2, 0.25) is 0 Å². The minimum atomic E-state index is -0.815. The topological polar surface area (TPSA) is 70.8 Å². The second-order valence-electron chi connectivity index (χ2n) is 23.3. The molecule has 2 heterocycles. The van der Waals surface area contributed by atoms with E-state index in [9.17, 15) is 0 Å². The van der Waals surface area contributed by atoms with Crippen LogP contribution >= 0.6 is 0 Å². The highest BCUT2D eigenvalue weighted by Crippen LogP contribution is 2.61. The summed E-state index contributed by atoms with van der Waals surface area (Å²) in [6.07, 6.45) is 3.97. The van der Waals surface area contributed by atoms with Crippen molar-refractivity contribution in [1.29, 1.82) is 0 Å². The molecular formula is C81H64N4O2. The predicted molar refractivity (Wildman–Crippen MR) is 365 cm³/mol. The number of hydrogen-bond acceptors (Lipinski definition) is 6. The molecule has 420 valence electrons. The molecule has 0 radical (unpaired) electrons. The predicted octanol–water partition coefficient (Wildman–Crippen LogP) is 22.3. The molecule has 1 unspecified atom stereocenters. The number of fused-ring (bicyclic) bond motifs is 15. The van der Waals surface area contributed by atoms with Crippen molar-refractivity contribution in [3.8, 4) is 11.1 Å². The van der Waals surface area contributed by atoms with Gasteiger partial charge >= 0.3 is 0 Å². The summed E-state index contributed by atoms with van der Waals surface area (Å²) in [5.74, 6) is 0. The molecule has 0 fully saturated rings. The average molecular weight is 1130 g/mol. The Hall–Kier alpha value is -10.4. The number of furan rings is 2. The fourth-order valence-electron chi connectivity index (χ4n) is 14.5. The van der Waals surface area contributed by atoms with Gasteiger partial charge in [0.1, 0.15) is 5.58 Å². The van der Waals surface area contributed by atoms with Crippen LogP contribution in [0.4, 0.5) is 39.8 Å². The van der Waals surface area contributed by atoms with E-state index in [0.717, 1.165) is 143 Å². The van der Waals surface area contributed by atoms with Gasteiger partial charge in [-0.15, -0.1) is 0 Å². The third kappa shape index (κ3) is 8.19. The molecule has 15 aromatic rings. The van der Waals surface area contributed by atoms with Crippen molar-refractivity contribution in [2.45, 2.75) is 51.0 Å². The average Bonchev–Trinajstić information content (AvgIpc) is 1.58. The van der Waals surface area contributed by atoms with Crippen LogP contribution in [0.25, 0.3) is 87.3 Å². The zero-order valence-corrected chi connectivity index (χ0v) is 48.8. The van der Waals surface area contributed by atoms with E-state index >= 15 is 0 Å². The van der Waals surface area contributed by atoms with Gasteiger partial charge in [0.25, 0.3) is 0 Å². The number of nitrogens with zero attached hydrogens (tertiary/aromatic N) is 2. The Labute approximate surface area is 506 Å². The molecule has 1 atom stereocenters. The van der Waals surface area contributed by atoms with Crippen LogP contribution in [0.3, 0.4) is 0 Å². The number of anilines is 7. The van der Waals surface area contributed by atoms with E-state index in [1.54, 1.807) is 0 Å². The van der Waals surface area contributed by atoms with Crippen LogP contribution in [0.15, 0.2) is 276 Å². The summed E-state index contributed by atoms with van der Waals surface area (Å²) in [6, 6.07) is 97.6. The summed E-state index contributed by atoms with van der Waals surface area (Å²) in [5, 5.41) is 15.0. The van der Waals surface area contributed by atoms with Crippen LogP contribution in [0.1, 0.15) is 73.4 Å². The Bertz CT molecular complexity index is 5070. The van der Waals surface area contributed by atoms with Crippen molar-refractivity contribution in [1.82, 2.24) is 0 Å². The Morgan fingerprint density at radius 1 is 0.414 bits per heavy atom. The van der Waals surface area contributed by atoms with E-state index < -0.39 is 5.41 Å². The number of para-hydroxylation sites is 4. The number of nitrogens with two attached hydrogens (primary N) is 1. The van der Waals surface area contributed by atoms with E-state index in [1.165, 1.54) is 44.2 Å². The molecular weight excluding hydrogens is 1060 g/mol.